The standard InChI is InChI=1S/C26H30N2O5/c1-2-16(11-24(29)28-18-12-17(13-18)25(30)31)14-27-26(32)33-15-23-21-9-5-3-7-19(21)20-8-4-6-10-22(20)23/h3-10,16-18,23H,2,11-15H2,1H3,(H,27,32)(H,28,29)(H,30,31). The van der Waals surface area contributed by atoms with Crippen molar-refractivity contribution in [2.75, 3.05) is 13.2 Å². The summed E-state index contributed by atoms with van der Waals surface area (Å²) in [4.78, 5) is 35.5. The van der Waals surface area contributed by atoms with Crippen LogP contribution >= 0.6 is 0 Å². The lowest BCUT2D eigenvalue weighted by molar-refractivity contribution is -0.146. The smallest absolute Gasteiger partial charge is 0.407 e. The van der Waals surface area contributed by atoms with Gasteiger partial charge >= 0.3 is 12.1 Å². The molecule has 2 aromatic rings. The Morgan fingerprint density at radius 2 is 1.64 bits per heavy atom. The summed E-state index contributed by atoms with van der Waals surface area (Å²) in [5.41, 5.74) is 4.69. The van der Waals surface area contributed by atoms with Crippen LogP contribution in [0.25, 0.3) is 11.1 Å². The van der Waals surface area contributed by atoms with Crippen molar-refractivity contribution in [3.63, 3.8) is 0 Å². The van der Waals surface area contributed by atoms with Crippen LogP contribution in [0.4, 0.5) is 4.79 Å². The molecule has 2 aromatic carbocycles. The first-order valence-corrected chi connectivity index (χ1v) is 11.6. The van der Waals surface area contributed by atoms with Crippen molar-refractivity contribution in [3.8, 4) is 11.1 Å². The molecule has 2 amide bonds. The molecule has 0 bridgehead atoms. The molecule has 174 valence electrons. The number of carbonyl (C=O) groups is 3. The fraction of sp³-hybridized carbons (Fsp3) is 0.423. The highest BCUT2D eigenvalue weighted by Gasteiger charge is 2.35. The highest BCUT2D eigenvalue weighted by molar-refractivity contribution is 5.79. The van der Waals surface area contributed by atoms with Gasteiger partial charge in [0.2, 0.25) is 5.91 Å². The number of aliphatic carboxylic acids is 1. The van der Waals surface area contributed by atoms with Gasteiger partial charge in [-0.2, -0.15) is 0 Å². The van der Waals surface area contributed by atoms with Gasteiger partial charge in [0.1, 0.15) is 6.61 Å². The first-order valence-electron chi connectivity index (χ1n) is 11.6. The van der Waals surface area contributed by atoms with Gasteiger partial charge in [-0.3, -0.25) is 9.59 Å². The third kappa shape index (κ3) is 5.18. The lowest BCUT2D eigenvalue weighted by atomic mass is 9.80. The van der Waals surface area contributed by atoms with E-state index in [0.717, 1.165) is 17.5 Å². The molecular weight excluding hydrogens is 420 g/mol. The van der Waals surface area contributed by atoms with E-state index in [1.807, 2.05) is 31.2 Å². The fourth-order valence-electron chi connectivity index (χ4n) is 4.72. The van der Waals surface area contributed by atoms with Crippen molar-refractivity contribution in [2.45, 2.75) is 44.6 Å². The van der Waals surface area contributed by atoms with Gasteiger partial charge in [-0.15, -0.1) is 0 Å². The molecule has 1 saturated carbocycles. The molecular formula is C26H30N2O5. The zero-order chi connectivity index (χ0) is 23.4. The normalized spacial score (nSPS) is 19.5. The maximum atomic E-state index is 12.4. The Morgan fingerprint density at radius 1 is 1.03 bits per heavy atom. The number of fused-ring (bicyclic) bond motifs is 3. The average Bonchev–Trinajstić information content (AvgIpc) is 3.10. The minimum absolute atomic E-state index is 0.00741. The van der Waals surface area contributed by atoms with Crippen molar-refractivity contribution in [2.24, 2.45) is 11.8 Å². The van der Waals surface area contributed by atoms with Crippen molar-refractivity contribution in [3.05, 3.63) is 59.7 Å². The summed E-state index contributed by atoms with van der Waals surface area (Å²) < 4.78 is 5.56. The van der Waals surface area contributed by atoms with Crippen molar-refractivity contribution in [1.29, 1.82) is 0 Å². The summed E-state index contributed by atoms with van der Waals surface area (Å²) in [7, 11) is 0. The predicted molar refractivity (Wildman–Crippen MR) is 124 cm³/mol. The number of alkyl carbamates (subject to hydrolysis) is 1. The summed E-state index contributed by atoms with van der Waals surface area (Å²) >= 11 is 0. The number of ether oxygens (including phenoxy) is 1. The fourth-order valence-corrected chi connectivity index (χ4v) is 4.72. The van der Waals surface area contributed by atoms with E-state index in [9.17, 15) is 14.4 Å². The third-order valence-electron chi connectivity index (χ3n) is 6.78. The molecule has 0 heterocycles. The molecule has 0 saturated heterocycles. The van der Waals surface area contributed by atoms with Crippen LogP contribution in [-0.4, -0.2) is 42.3 Å². The first-order chi connectivity index (χ1) is 16.0. The molecule has 7 heteroatoms. The van der Waals surface area contributed by atoms with Gasteiger partial charge < -0.3 is 20.5 Å². The number of carboxylic acids is 1. The van der Waals surface area contributed by atoms with Crippen LogP contribution in [0.15, 0.2) is 48.5 Å². The first kappa shape index (κ1) is 22.8. The molecule has 2 aliphatic carbocycles. The van der Waals surface area contributed by atoms with Crippen molar-refractivity contribution >= 4 is 18.0 Å². The van der Waals surface area contributed by atoms with E-state index in [-0.39, 0.29) is 42.7 Å². The van der Waals surface area contributed by atoms with Crippen LogP contribution in [0.3, 0.4) is 0 Å². The summed E-state index contributed by atoms with van der Waals surface area (Å²) in [6.45, 7) is 2.58. The zero-order valence-corrected chi connectivity index (χ0v) is 18.8. The van der Waals surface area contributed by atoms with E-state index in [2.05, 4.69) is 34.9 Å². The minimum Gasteiger partial charge on any atom is -0.481 e. The van der Waals surface area contributed by atoms with Crippen LogP contribution in [-0.2, 0) is 14.3 Å². The monoisotopic (exact) mass is 450 g/mol. The molecule has 0 aliphatic heterocycles. The second-order valence-electron chi connectivity index (χ2n) is 8.96. The van der Waals surface area contributed by atoms with E-state index >= 15 is 0 Å². The van der Waals surface area contributed by atoms with Gasteiger partial charge in [0.25, 0.3) is 0 Å². The van der Waals surface area contributed by atoms with E-state index in [1.54, 1.807) is 0 Å². The maximum Gasteiger partial charge on any atom is 0.407 e. The summed E-state index contributed by atoms with van der Waals surface area (Å²) in [6, 6.07) is 16.3. The van der Waals surface area contributed by atoms with E-state index in [1.165, 1.54) is 11.1 Å². The van der Waals surface area contributed by atoms with Gasteiger partial charge in [0.05, 0.1) is 5.92 Å². The van der Waals surface area contributed by atoms with E-state index in [4.69, 9.17) is 9.84 Å². The summed E-state index contributed by atoms with van der Waals surface area (Å²) in [5, 5.41) is 14.6. The SMILES string of the molecule is CCC(CNC(=O)OCC1c2ccccc2-c2ccccc21)CC(=O)NC1CC(C(=O)O)C1. The topological polar surface area (TPSA) is 105 Å². The van der Waals surface area contributed by atoms with Crippen molar-refractivity contribution in [1.82, 2.24) is 10.6 Å². The molecule has 3 N–H and O–H groups in total. The molecule has 1 fully saturated rings. The number of carbonyl (C=O) groups excluding carboxylic acids is 2. The Morgan fingerprint density at radius 3 is 2.21 bits per heavy atom. The third-order valence-corrected chi connectivity index (χ3v) is 6.78. The van der Waals surface area contributed by atoms with Gasteiger partial charge in [-0.1, -0.05) is 61.9 Å². The maximum absolute atomic E-state index is 12.4. The second-order valence-corrected chi connectivity index (χ2v) is 8.96. The van der Waals surface area contributed by atoms with Crippen LogP contribution in [0.1, 0.15) is 49.7 Å². The number of rotatable bonds is 9. The van der Waals surface area contributed by atoms with Gasteiger partial charge in [0, 0.05) is 24.9 Å². The molecule has 0 aromatic heterocycles. The van der Waals surface area contributed by atoms with Crippen LogP contribution in [0.5, 0.6) is 0 Å². The van der Waals surface area contributed by atoms with Gasteiger partial charge in [0.15, 0.2) is 0 Å². The average molecular weight is 451 g/mol. The highest BCUT2D eigenvalue weighted by atomic mass is 16.5. The van der Waals surface area contributed by atoms with Crippen LogP contribution in [0.2, 0.25) is 0 Å². The molecule has 2 aliphatic rings. The lowest BCUT2D eigenvalue weighted by Gasteiger charge is -2.33. The summed E-state index contributed by atoms with van der Waals surface area (Å²) in [5.74, 6) is -1.27. The number of nitrogens with one attached hydrogen (secondary N) is 2. The van der Waals surface area contributed by atoms with E-state index in [0.29, 0.717) is 19.4 Å². The molecule has 7 nitrogen and oxygen atoms in total. The molecule has 0 spiro atoms. The Balaban J connectivity index is 1.23. The number of hydrogen-bond donors (Lipinski definition) is 3. The van der Waals surface area contributed by atoms with E-state index < -0.39 is 12.1 Å². The van der Waals surface area contributed by atoms with Crippen molar-refractivity contribution < 1.29 is 24.2 Å². The number of carboxylic acid groups (broad SMARTS) is 1. The Kier molecular flexibility index (Phi) is 6.96. The Hall–Kier alpha value is -3.35. The summed E-state index contributed by atoms with van der Waals surface area (Å²) in [6.07, 6.45) is 1.50. The Labute approximate surface area is 193 Å². The predicted octanol–water partition coefficient (Wildman–Crippen LogP) is 3.92. The number of amides is 2. The molecule has 33 heavy (non-hydrogen) atoms. The molecule has 0 radical (unpaired) electrons. The van der Waals surface area contributed by atoms with Crippen LogP contribution in [0, 0.1) is 11.8 Å². The second kappa shape index (κ2) is 10.1. The highest BCUT2D eigenvalue weighted by Crippen LogP contribution is 2.44. The lowest BCUT2D eigenvalue weighted by Crippen LogP contribution is -2.47. The molecule has 4 rings (SSSR count). The quantitative estimate of drug-likeness (QED) is 0.537. The number of benzene rings is 2. The Bertz CT molecular complexity index is 985. The zero-order valence-electron chi connectivity index (χ0n) is 18.8. The van der Waals surface area contributed by atoms with Gasteiger partial charge in [-0.25, -0.2) is 4.79 Å². The van der Waals surface area contributed by atoms with Gasteiger partial charge in [-0.05, 0) is 41.0 Å². The number of hydrogen-bond acceptors (Lipinski definition) is 4. The molecule has 1 unspecified atom stereocenters. The minimum atomic E-state index is -0.806. The van der Waals surface area contributed by atoms with Crippen LogP contribution < -0.4 is 10.6 Å². The molecule has 1 atom stereocenters. The largest absolute Gasteiger partial charge is 0.481 e.